The standard InChI is InChI=1S/C26H17ClN2O10S/c1-38-25(36)17-9-15(2-4-18(17)27)28-21(30)11-29-22(31)20(40-26(29)37)10-16-3-5-19(39-16)12-6-13(23(32)33)8-14(7-12)24(34)35/h2-10H,11H2,1H3,(H,28,30)(H,32,33)(H,34,35)/b20-10+. The number of carboxylic acid groups (broad SMARTS) is 2. The van der Waals surface area contributed by atoms with Gasteiger partial charge in [0.2, 0.25) is 5.91 Å². The smallest absolute Gasteiger partial charge is 0.339 e. The lowest BCUT2D eigenvalue weighted by Gasteiger charge is -2.13. The summed E-state index contributed by atoms with van der Waals surface area (Å²) in [6, 6.07) is 10.5. The van der Waals surface area contributed by atoms with Gasteiger partial charge in [-0.25, -0.2) is 14.4 Å². The number of methoxy groups -OCH3 is 1. The van der Waals surface area contributed by atoms with E-state index in [-0.39, 0.29) is 49.4 Å². The number of hydrogen-bond acceptors (Lipinski definition) is 9. The molecular formula is C26H17ClN2O10S. The van der Waals surface area contributed by atoms with Crippen LogP contribution in [0.2, 0.25) is 5.02 Å². The van der Waals surface area contributed by atoms with Gasteiger partial charge in [-0.05, 0) is 60.3 Å². The van der Waals surface area contributed by atoms with Gasteiger partial charge in [0.15, 0.2) is 0 Å². The number of thioether (sulfide) groups is 1. The van der Waals surface area contributed by atoms with Gasteiger partial charge in [-0.15, -0.1) is 0 Å². The minimum Gasteiger partial charge on any atom is -0.478 e. The van der Waals surface area contributed by atoms with Crippen LogP contribution in [0.25, 0.3) is 17.4 Å². The van der Waals surface area contributed by atoms with Crippen molar-refractivity contribution < 1.29 is 48.1 Å². The predicted molar refractivity (Wildman–Crippen MR) is 142 cm³/mol. The maximum Gasteiger partial charge on any atom is 0.339 e. The zero-order valence-electron chi connectivity index (χ0n) is 20.3. The number of furan rings is 1. The number of halogens is 1. The molecule has 2 heterocycles. The van der Waals surface area contributed by atoms with E-state index in [9.17, 15) is 39.0 Å². The van der Waals surface area contributed by atoms with Crippen molar-refractivity contribution in [3.05, 3.63) is 80.9 Å². The van der Waals surface area contributed by atoms with Crippen LogP contribution in [-0.2, 0) is 14.3 Å². The lowest BCUT2D eigenvalue weighted by Crippen LogP contribution is -2.36. The Hall–Kier alpha value is -4.88. The zero-order valence-corrected chi connectivity index (χ0v) is 21.9. The van der Waals surface area contributed by atoms with Crippen LogP contribution < -0.4 is 5.32 Å². The van der Waals surface area contributed by atoms with Gasteiger partial charge in [0.05, 0.1) is 33.7 Å². The second-order valence-corrected chi connectivity index (χ2v) is 9.51. The van der Waals surface area contributed by atoms with Gasteiger partial charge in [-0.3, -0.25) is 19.3 Å². The summed E-state index contributed by atoms with van der Waals surface area (Å²) in [5.74, 6) is -4.58. The monoisotopic (exact) mass is 584 g/mol. The number of esters is 1. The average molecular weight is 585 g/mol. The molecule has 0 spiro atoms. The van der Waals surface area contributed by atoms with Crippen LogP contribution in [0.4, 0.5) is 10.5 Å². The summed E-state index contributed by atoms with van der Waals surface area (Å²) in [6.07, 6.45) is 1.27. The number of anilines is 1. The van der Waals surface area contributed by atoms with Crippen LogP contribution in [0.3, 0.4) is 0 Å². The molecule has 3 N–H and O–H groups in total. The molecule has 3 amide bonds. The molecular weight excluding hydrogens is 568 g/mol. The first kappa shape index (κ1) is 28.1. The van der Waals surface area contributed by atoms with Crippen LogP contribution >= 0.6 is 23.4 Å². The van der Waals surface area contributed by atoms with E-state index >= 15 is 0 Å². The Kier molecular flexibility index (Phi) is 8.07. The molecule has 0 radical (unpaired) electrons. The molecule has 3 aromatic rings. The number of aromatic carboxylic acids is 2. The average Bonchev–Trinajstić information content (AvgIpc) is 3.49. The first-order valence-corrected chi connectivity index (χ1v) is 12.3. The summed E-state index contributed by atoms with van der Waals surface area (Å²) < 4.78 is 10.3. The van der Waals surface area contributed by atoms with Crippen molar-refractivity contribution >= 4 is 70.1 Å². The SMILES string of the molecule is COC(=O)c1cc(NC(=O)CN2C(=O)S/C(=C/c3ccc(-c4cc(C(=O)O)cc(C(=O)O)c4)o3)C2=O)ccc1Cl. The fraction of sp³-hybridized carbons (Fsp3) is 0.0769. The van der Waals surface area contributed by atoms with Gasteiger partial charge in [-0.1, -0.05) is 11.6 Å². The summed E-state index contributed by atoms with van der Waals surface area (Å²) in [6.45, 7) is -0.610. The molecule has 204 valence electrons. The number of nitrogens with one attached hydrogen (secondary N) is 1. The third-order valence-electron chi connectivity index (χ3n) is 5.44. The molecule has 4 rings (SSSR count). The quantitative estimate of drug-likeness (QED) is 0.251. The van der Waals surface area contributed by atoms with E-state index in [1.807, 2.05) is 0 Å². The summed E-state index contributed by atoms with van der Waals surface area (Å²) in [5.41, 5.74) is -0.125. The molecule has 14 heteroatoms. The fourth-order valence-electron chi connectivity index (χ4n) is 3.58. The van der Waals surface area contributed by atoms with Gasteiger partial charge in [0, 0.05) is 17.3 Å². The number of carbonyl (C=O) groups is 6. The molecule has 1 aromatic heterocycles. The van der Waals surface area contributed by atoms with Crippen molar-refractivity contribution in [2.24, 2.45) is 0 Å². The Balaban J connectivity index is 1.49. The van der Waals surface area contributed by atoms with Crippen molar-refractivity contribution in [1.82, 2.24) is 4.90 Å². The van der Waals surface area contributed by atoms with Crippen LogP contribution in [0, 0.1) is 0 Å². The lowest BCUT2D eigenvalue weighted by atomic mass is 10.0. The van der Waals surface area contributed by atoms with Crippen LogP contribution in [0.1, 0.15) is 36.8 Å². The van der Waals surface area contributed by atoms with Gasteiger partial charge in [-0.2, -0.15) is 0 Å². The number of nitrogens with zero attached hydrogens (tertiary/aromatic N) is 1. The zero-order chi connectivity index (χ0) is 29.1. The molecule has 0 unspecified atom stereocenters. The van der Waals surface area contributed by atoms with E-state index in [1.165, 1.54) is 55.7 Å². The summed E-state index contributed by atoms with van der Waals surface area (Å²) >= 11 is 6.54. The van der Waals surface area contributed by atoms with E-state index in [2.05, 4.69) is 10.1 Å². The number of carbonyl (C=O) groups excluding carboxylic acids is 4. The highest BCUT2D eigenvalue weighted by atomic mass is 35.5. The van der Waals surface area contributed by atoms with Crippen molar-refractivity contribution in [1.29, 1.82) is 0 Å². The minimum atomic E-state index is -1.33. The first-order chi connectivity index (χ1) is 19.0. The molecule has 0 atom stereocenters. The summed E-state index contributed by atoms with van der Waals surface area (Å²) in [7, 11) is 1.17. The number of rotatable bonds is 8. The fourth-order valence-corrected chi connectivity index (χ4v) is 4.59. The predicted octanol–water partition coefficient (Wildman–Crippen LogP) is 4.46. The molecule has 0 saturated carbocycles. The first-order valence-electron chi connectivity index (χ1n) is 11.1. The lowest BCUT2D eigenvalue weighted by molar-refractivity contribution is -0.127. The second-order valence-electron chi connectivity index (χ2n) is 8.11. The normalized spacial score (nSPS) is 13.9. The maximum atomic E-state index is 12.8. The largest absolute Gasteiger partial charge is 0.478 e. The highest BCUT2D eigenvalue weighted by Crippen LogP contribution is 2.34. The second kappa shape index (κ2) is 11.5. The molecule has 0 bridgehead atoms. The Bertz CT molecular complexity index is 1590. The summed E-state index contributed by atoms with van der Waals surface area (Å²) in [4.78, 5) is 73.1. The van der Waals surface area contributed by atoms with Crippen molar-refractivity contribution in [3.63, 3.8) is 0 Å². The molecule has 1 aliphatic heterocycles. The van der Waals surface area contributed by atoms with E-state index in [1.54, 1.807) is 0 Å². The van der Waals surface area contributed by atoms with E-state index in [0.717, 1.165) is 11.0 Å². The van der Waals surface area contributed by atoms with Crippen molar-refractivity contribution in [3.8, 4) is 11.3 Å². The van der Waals surface area contributed by atoms with E-state index in [4.69, 9.17) is 16.0 Å². The van der Waals surface area contributed by atoms with Gasteiger partial charge < -0.3 is 24.7 Å². The van der Waals surface area contributed by atoms with Crippen molar-refractivity contribution in [2.45, 2.75) is 0 Å². The number of ether oxygens (including phenoxy) is 1. The minimum absolute atomic E-state index is 0.0164. The molecule has 2 aromatic carbocycles. The van der Waals surface area contributed by atoms with Gasteiger partial charge in [0.1, 0.15) is 18.1 Å². The van der Waals surface area contributed by atoms with Crippen LogP contribution in [0.15, 0.2) is 57.9 Å². The number of hydrogen-bond donors (Lipinski definition) is 3. The van der Waals surface area contributed by atoms with Gasteiger partial charge >= 0.3 is 17.9 Å². The number of benzene rings is 2. The summed E-state index contributed by atoms with van der Waals surface area (Å²) in [5, 5.41) is 20.4. The third-order valence-corrected chi connectivity index (χ3v) is 6.68. The number of amides is 3. The topological polar surface area (TPSA) is 181 Å². The molecule has 1 saturated heterocycles. The molecule has 40 heavy (non-hydrogen) atoms. The number of imide groups is 1. The third kappa shape index (κ3) is 6.06. The van der Waals surface area contributed by atoms with Crippen LogP contribution in [-0.4, -0.2) is 63.7 Å². The van der Waals surface area contributed by atoms with E-state index < -0.39 is 41.5 Å². The Morgan fingerprint density at radius 1 is 1.02 bits per heavy atom. The molecule has 1 aliphatic rings. The Morgan fingerprint density at radius 3 is 2.33 bits per heavy atom. The molecule has 0 aliphatic carbocycles. The van der Waals surface area contributed by atoms with Crippen molar-refractivity contribution in [2.75, 3.05) is 19.0 Å². The highest BCUT2D eigenvalue weighted by molar-refractivity contribution is 8.18. The van der Waals surface area contributed by atoms with Crippen LogP contribution in [0.5, 0.6) is 0 Å². The van der Waals surface area contributed by atoms with E-state index in [0.29, 0.717) is 11.8 Å². The maximum absolute atomic E-state index is 12.8. The Labute approximate surface area is 234 Å². The van der Waals surface area contributed by atoms with Gasteiger partial charge in [0.25, 0.3) is 11.1 Å². The Morgan fingerprint density at radius 2 is 1.70 bits per heavy atom. The molecule has 1 fully saturated rings. The number of carboxylic acids is 2. The highest BCUT2D eigenvalue weighted by Gasteiger charge is 2.36. The molecule has 12 nitrogen and oxygen atoms in total.